The largest absolute Gasteiger partial charge is 0.390 e. The first-order valence-electron chi connectivity index (χ1n) is 5.40. The Hall–Kier alpha value is -0.120. The van der Waals surface area contributed by atoms with Crippen molar-refractivity contribution >= 4 is 0 Å². The zero-order chi connectivity index (χ0) is 9.31. The summed E-state index contributed by atoms with van der Waals surface area (Å²) in [6, 6.07) is 0.586. The molecule has 1 aliphatic heterocycles. The van der Waals surface area contributed by atoms with Crippen molar-refractivity contribution in [3.8, 4) is 0 Å². The second-order valence-electron chi connectivity index (χ2n) is 4.54. The third-order valence-electron chi connectivity index (χ3n) is 3.46. The summed E-state index contributed by atoms with van der Waals surface area (Å²) in [7, 11) is 0. The van der Waals surface area contributed by atoms with Gasteiger partial charge in [0.25, 0.3) is 0 Å². The molecule has 1 atom stereocenters. The number of aliphatic hydroxyl groups is 1. The molecule has 1 saturated heterocycles. The van der Waals surface area contributed by atoms with Gasteiger partial charge in [-0.25, -0.2) is 0 Å². The van der Waals surface area contributed by atoms with E-state index >= 15 is 0 Å². The maximum absolute atomic E-state index is 9.69. The lowest BCUT2D eigenvalue weighted by Gasteiger charge is -2.24. The highest BCUT2D eigenvalue weighted by Crippen LogP contribution is 2.38. The van der Waals surface area contributed by atoms with Crippen LogP contribution in [-0.2, 0) is 0 Å². The lowest BCUT2D eigenvalue weighted by molar-refractivity contribution is 0.116. The molecule has 2 rings (SSSR count). The van der Waals surface area contributed by atoms with Crippen LogP contribution in [0.1, 0.15) is 32.1 Å². The van der Waals surface area contributed by atoms with Crippen LogP contribution in [-0.4, -0.2) is 41.3 Å². The van der Waals surface area contributed by atoms with E-state index in [0.717, 1.165) is 32.4 Å². The molecule has 0 aromatic rings. The molecular formula is C10H20N2O. The molecule has 13 heavy (non-hydrogen) atoms. The molecule has 1 unspecified atom stereocenters. The smallest absolute Gasteiger partial charge is 0.0662 e. The van der Waals surface area contributed by atoms with Crippen molar-refractivity contribution in [1.82, 2.24) is 4.90 Å². The summed E-state index contributed by atoms with van der Waals surface area (Å²) < 4.78 is 0. The number of hydrogen-bond donors (Lipinski definition) is 2. The predicted octanol–water partition coefficient (Wildman–Crippen LogP) is 0.324. The molecule has 0 spiro atoms. The van der Waals surface area contributed by atoms with Crippen molar-refractivity contribution in [2.45, 2.75) is 43.7 Å². The molecular weight excluding hydrogens is 164 g/mol. The number of rotatable bonds is 4. The monoisotopic (exact) mass is 184 g/mol. The summed E-state index contributed by atoms with van der Waals surface area (Å²) >= 11 is 0. The van der Waals surface area contributed by atoms with Gasteiger partial charge in [-0.3, -0.25) is 4.90 Å². The Morgan fingerprint density at radius 2 is 2.23 bits per heavy atom. The Kier molecular flexibility index (Phi) is 2.58. The van der Waals surface area contributed by atoms with Crippen LogP contribution in [0.2, 0.25) is 0 Å². The molecule has 3 nitrogen and oxygen atoms in total. The van der Waals surface area contributed by atoms with Crippen LogP contribution >= 0.6 is 0 Å². The maximum Gasteiger partial charge on any atom is 0.0662 e. The third-order valence-corrected chi connectivity index (χ3v) is 3.46. The van der Waals surface area contributed by atoms with E-state index in [9.17, 15) is 5.11 Å². The molecule has 0 bridgehead atoms. The quantitative estimate of drug-likeness (QED) is 0.662. The number of nitrogens with two attached hydrogens (primary N) is 1. The fourth-order valence-corrected chi connectivity index (χ4v) is 2.20. The Morgan fingerprint density at radius 1 is 1.46 bits per heavy atom. The molecule has 0 amide bonds. The first-order chi connectivity index (χ1) is 6.23. The lowest BCUT2D eigenvalue weighted by atomic mass is 10.2. The number of hydrogen-bond acceptors (Lipinski definition) is 3. The van der Waals surface area contributed by atoms with Crippen molar-refractivity contribution in [3.63, 3.8) is 0 Å². The van der Waals surface area contributed by atoms with E-state index < -0.39 is 0 Å². The molecule has 0 aromatic heterocycles. The van der Waals surface area contributed by atoms with Gasteiger partial charge >= 0.3 is 0 Å². The summed E-state index contributed by atoms with van der Waals surface area (Å²) in [5, 5.41) is 9.69. The van der Waals surface area contributed by atoms with Crippen LogP contribution in [0.3, 0.4) is 0 Å². The van der Waals surface area contributed by atoms with E-state index in [0.29, 0.717) is 6.04 Å². The van der Waals surface area contributed by atoms with Gasteiger partial charge < -0.3 is 10.8 Å². The van der Waals surface area contributed by atoms with E-state index in [-0.39, 0.29) is 5.60 Å². The summed E-state index contributed by atoms with van der Waals surface area (Å²) in [5.74, 6) is 0. The minimum Gasteiger partial charge on any atom is -0.390 e. The lowest BCUT2D eigenvalue weighted by Crippen LogP contribution is -2.37. The molecule has 2 fully saturated rings. The standard InChI is InChI=1S/C10H20N2O/c11-8-9-2-1-6-12(9)7-5-10(13)3-4-10/h9,13H,1-8,11H2. The van der Waals surface area contributed by atoms with E-state index in [4.69, 9.17) is 5.73 Å². The van der Waals surface area contributed by atoms with E-state index in [2.05, 4.69) is 4.90 Å². The first-order valence-corrected chi connectivity index (χ1v) is 5.40. The maximum atomic E-state index is 9.69. The van der Waals surface area contributed by atoms with Crippen molar-refractivity contribution in [2.24, 2.45) is 5.73 Å². The summed E-state index contributed by atoms with van der Waals surface area (Å²) in [6.07, 6.45) is 5.49. The Bertz CT molecular complexity index is 180. The summed E-state index contributed by atoms with van der Waals surface area (Å²) in [4.78, 5) is 2.44. The molecule has 1 saturated carbocycles. The van der Waals surface area contributed by atoms with Gasteiger partial charge in [0, 0.05) is 19.1 Å². The predicted molar refractivity (Wildman–Crippen MR) is 52.5 cm³/mol. The zero-order valence-electron chi connectivity index (χ0n) is 8.21. The van der Waals surface area contributed by atoms with Crippen LogP contribution in [0.15, 0.2) is 0 Å². The van der Waals surface area contributed by atoms with Crippen molar-refractivity contribution in [2.75, 3.05) is 19.6 Å². The number of nitrogens with zero attached hydrogens (tertiary/aromatic N) is 1. The Morgan fingerprint density at radius 3 is 2.85 bits per heavy atom. The highest BCUT2D eigenvalue weighted by atomic mass is 16.3. The summed E-state index contributed by atoms with van der Waals surface area (Å²) in [5.41, 5.74) is 5.39. The average Bonchev–Trinajstić information content (AvgIpc) is 2.69. The first kappa shape index (κ1) is 9.44. The van der Waals surface area contributed by atoms with Gasteiger partial charge in [-0.05, 0) is 38.6 Å². The normalized spacial score (nSPS) is 32.3. The minimum absolute atomic E-state index is 0.290. The minimum atomic E-state index is -0.290. The molecule has 76 valence electrons. The average molecular weight is 184 g/mol. The van der Waals surface area contributed by atoms with Gasteiger partial charge in [0.15, 0.2) is 0 Å². The van der Waals surface area contributed by atoms with E-state index in [1.165, 1.54) is 19.4 Å². The van der Waals surface area contributed by atoms with Crippen LogP contribution in [0.4, 0.5) is 0 Å². The SMILES string of the molecule is NCC1CCCN1CCC1(O)CC1. The van der Waals surface area contributed by atoms with E-state index in [1.54, 1.807) is 0 Å². The van der Waals surface area contributed by atoms with Crippen LogP contribution in [0.25, 0.3) is 0 Å². The summed E-state index contributed by atoms with van der Waals surface area (Å²) in [6.45, 7) is 2.99. The van der Waals surface area contributed by atoms with Crippen molar-refractivity contribution in [1.29, 1.82) is 0 Å². The highest BCUT2D eigenvalue weighted by molar-refractivity contribution is 4.94. The van der Waals surface area contributed by atoms with Crippen LogP contribution < -0.4 is 5.73 Å². The number of likely N-dealkylation sites (tertiary alicyclic amines) is 1. The second kappa shape index (κ2) is 3.56. The zero-order valence-corrected chi connectivity index (χ0v) is 8.21. The fraction of sp³-hybridized carbons (Fsp3) is 1.00. The van der Waals surface area contributed by atoms with Gasteiger partial charge in [-0.2, -0.15) is 0 Å². The highest BCUT2D eigenvalue weighted by Gasteiger charge is 2.40. The fourth-order valence-electron chi connectivity index (χ4n) is 2.20. The molecule has 3 N–H and O–H groups in total. The van der Waals surface area contributed by atoms with Crippen molar-refractivity contribution in [3.05, 3.63) is 0 Å². The van der Waals surface area contributed by atoms with Crippen LogP contribution in [0, 0.1) is 0 Å². The molecule has 1 aliphatic carbocycles. The van der Waals surface area contributed by atoms with Crippen LogP contribution in [0.5, 0.6) is 0 Å². The van der Waals surface area contributed by atoms with Gasteiger partial charge in [0.1, 0.15) is 0 Å². The Balaban J connectivity index is 1.73. The van der Waals surface area contributed by atoms with Gasteiger partial charge in [-0.1, -0.05) is 0 Å². The van der Waals surface area contributed by atoms with E-state index in [1.807, 2.05) is 0 Å². The molecule has 1 heterocycles. The topological polar surface area (TPSA) is 49.5 Å². The molecule has 0 aromatic carbocycles. The Labute approximate surface area is 79.9 Å². The third kappa shape index (κ3) is 2.22. The molecule has 2 aliphatic rings. The van der Waals surface area contributed by atoms with Crippen molar-refractivity contribution < 1.29 is 5.11 Å². The second-order valence-corrected chi connectivity index (χ2v) is 4.54. The van der Waals surface area contributed by atoms with Gasteiger partial charge in [0.2, 0.25) is 0 Å². The molecule has 0 radical (unpaired) electrons. The molecule has 3 heteroatoms. The van der Waals surface area contributed by atoms with Gasteiger partial charge in [-0.15, -0.1) is 0 Å². The van der Waals surface area contributed by atoms with Gasteiger partial charge in [0.05, 0.1) is 5.60 Å².